The van der Waals surface area contributed by atoms with E-state index in [-0.39, 0.29) is 29.2 Å². The van der Waals surface area contributed by atoms with E-state index in [9.17, 15) is 17.6 Å². The summed E-state index contributed by atoms with van der Waals surface area (Å²) < 4.78 is 41.8. The molecule has 4 aromatic rings. The number of carbonyl (C=O) groups is 1. The molecule has 1 aliphatic rings. The highest BCUT2D eigenvalue weighted by atomic mass is 35.5. The molecule has 0 saturated carbocycles. The maximum absolute atomic E-state index is 14.7. The molecule has 1 aliphatic heterocycles. The second-order valence-electron chi connectivity index (χ2n) is 9.37. The quantitative estimate of drug-likeness (QED) is 0.272. The summed E-state index contributed by atoms with van der Waals surface area (Å²) >= 11 is 12.2. The molecule has 10 nitrogen and oxygen atoms in total. The lowest BCUT2D eigenvalue weighted by molar-refractivity contribution is 0.102. The molecule has 4 N–H and O–H groups in total. The lowest BCUT2D eigenvalue weighted by Gasteiger charge is -2.48. The number of amides is 1. The van der Waals surface area contributed by atoms with Crippen molar-refractivity contribution in [3.63, 3.8) is 0 Å². The minimum absolute atomic E-state index is 0.0106. The normalized spacial score (nSPS) is 14.2. The number of halogens is 3. The lowest BCUT2D eigenvalue weighted by atomic mass is 9.93. The van der Waals surface area contributed by atoms with Gasteiger partial charge in [-0.1, -0.05) is 47.5 Å². The van der Waals surface area contributed by atoms with Crippen LogP contribution in [0.15, 0.2) is 66.7 Å². The predicted octanol–water partition coefficient (Wildman–Crippen LogP) is 4.32. The lowest BCUT2D eigenvalue weighted by Crippen LogP contribution is -2.61. The zero-order valence-corrected chi connectivity index (χ0v) is 23.4. The Balaban J connectivity index is 1.42. The van der Waals surface area contributed by atoms with Gasteiger partial charge in [0.15, 0.2) is 0 Å². The summed E-state index contributed by atoms with van der Waals surface area (Å²) in [5.74, 6) is -1.61. The van der Waals surface area contributed by atoms with Gasteiger partial charge in [-0.05, 0) is 53.6 Å². The van der Waals surface area contributed by atoms with Crippen molar-refractivity contribution >= 4 is 56.7 Å². The van der Waals surface area contributed by atoms with Crippen molar-refractivity contribution in [2.24, 2.45) is 0 Å². The summed E-state index contributed by atoms with van der Waals surface area (Å²) in [4.78, 5) is 18.6. The molecule has 0 bridgehead atoms. The van der Waals surface area contributed by atoms with Crippen molar-refractivity contribution in [3.05, 3.63) is 99.3 Å². The highest BCUT2D eigenvalue weighted by Gasteiger charge is 2.41. The van der Waals surface area contributed by atoms with E-state index in [1.807, 2.05) is 24.3 Å². The van der Waals surface area contributed by atoms with Crippen LogP contribution < -0.4 is 15.4 Å². The van der Waals surface area contributed by atoms with Crippen molar-refractivity contribution in [3.8, 4) is 0 Å². The molecule has 14 heteroatoms. The van der Waals surface area contributed by atoms with Crippen molar-refractivity contribution in [1.82, 2.24) is 20.1 Å². The number of aromatic amines is 1. The summed E-state index contributed by atoms with van der Waals surface area (Å²) in [6.07, 6.45) is 1.05. The summed E-state index contributed by atoms with van der Waals surface area (Å²) in [5.41, 5.74) is 7.33. The molecule has 5 rings (SSSR count). The Morgan fingerprint density at radius 1 is 1.07 bits per heavy atom. The fraction of sp³-hybridized carbons (Fsp3) is 0.192. The topological polar surface area (TPSA) is 137 Å². The Hall–Kier alpha value is -3.71. The first-order valence-corrected chi connectivity index (χ1v) is 14.6. The standard InChI is InChI=1S/C26H24Cl2FN7O3S/c1-40(38,39)36(21-11-17(10-20(29)12-21)24(37)31-26-32-25(30)33-34-26)22-13-35(14-22)23(15-2-6-18(27)7-3-15)16-4-8-19(28)9-5-16/h2-12,22-23H,13-14H2,1H3,(H4,30,31,32,33,34,37). The van der Waals surface area contributed by atoms with E-state index in [0.29, 0.717) is 23.1 Å². The second-order valence-corrected chi connectivity index (χ2v) is 12.1. The molecule has 3 aromatic carbocycles. The van der Waals surface area contributed by atoms with Gasteiger partial charge in [-0.3, -0.25) is 19.3 Å². The largest absolute Gasteiger partial charge is 0.368 e. The predicted molar refractivity (Wildman–Crippen MR) is 153 cm³/mol. The number of H-pyrrole nitrogens is 1. The monoisotopic (exact) mass is 603 g/mol. The van der Waals surface area contributed by atoms with Crippen LogP contribution in [0, 0.1) is 5.82 Å². The fourth-order valence-corrected chi connectivity index (χ4v) is 6.18. The van der Waals surface area contributed by atoms with Gasteiger partial charge in [0, 0.05) is 28.7 Å². The number of hydrogen-bond acceptors (Lipinski definition) is 7. The van der Waals surface area contributed by atoms with E-state index in [1.54, 1.807) is 24.3 Å². The zero-order chi connectivity index (χ0) is 28.6. The number of anilines is 3. The van der Waals surface area contributed by atoms with Crippen molar-refractivity contribution in [2.75, 3.05) is 34.7 Å². The van der Waals surface area contributed by atoms with Crippen LogP contribution in [0.25, 0.3) is 0 Å². The molecule has 1 amide bonds. The van der Waals surface area contributed by atoms with Crippen LogP contribution in [0.5, 0.6) is 0 Å². The molecule has 40 heavy (non-hydrogen) atoms. The number of nitrogens with two attached hydrogens (primary N) is 1. The Morgan fingerprint density at radius 2 is 1.65 bits per heavy atom. The van der Waals surface area contributed by atoms with E-state index >= 15 is 0 Å². The molecule has 1 saturated heterocycles. The third kappa shape index (κ3) is 6.04. The fourth-order valence-electron chi connectivity index (χ4n) is 4.76. The minimum Gasteiger partial charge on any atom is -0.368 e. The first-order valence-electron chi connectivity index (χ1n) is 12.0. The first kappa shape index (κ1) is 27.8. The summed E-state index contributed by atoms with van der Waals surface area (Å²) in [6.45, 7) is 0.689. The van der Waals surface area contributed by atoms with Crippen molar-refractivity contribution < 1.29 is 17.6 Å². The Labute approximate surface area is 240 Å². The second kappa shape index (κ2) is 11.0. The van der Waals surface area contributed by atoms with Crippen LogP contribution in [0.2, 0.25) is 10.0 Å². The maximum Gasteiger partial charge on any atom is 0.258 e. The summed E-state index contributed by atoms with van der Waals surface area (Å²) in [5, 5.41) is 9.70. The van der Waals surface area contributed by atoms with Gasteiger partial charge in [0.25, 0.3) is 11.9 Å². The first-order chi connectivity index (χ1) is 19.0. The number of rotatable bonds is 8. The number of hydrogen-bond donors (Lipinski definition) is 3. The van der Waals surface area contributed by atoms with E-state index < -0.39 is 27.8 Å². The van der Waals surface area contributed by atoms with Crippen LogP contribution >= 0.6 is 23.2 Å². The SMILES string of the molecule is CS(=O)(=O)N(c1cc(F)cc(C(=O)Nc2n[nH]c(N)n2)c1)C1CN(C(c2ccc(Cl)cc2)c2ccc(Cl)cc2)C1. The van der Waals surface area contributed by atoms with Gasteiger partial charge in [0.1, 0.15) is 5.82 Å². The molecule has 0 aliphatic carbocycles. The van der Waals surface area contributed by atoms with E-state index in [2.05, 4.69) is 25.4 Å². The van der Waals surface area contributed by atoms with Gasteiger partial charge >= 0.3 is 0 Å². The molecule has 0 spiro atoms. The molecule has 1 aromatic heterocycles. The molecule has 0 unspecified atom stereocenters. The Kier molecular flexibility index (Phi) is 7.69. The number of nitrogen functional groups attached to an aromatic ring is 1. The van der Waals surface area contributed by atoms with Gasteiger partial charge in [-0.25, -0.2) is 17.9 Å². The number of nitrogens with one attached hydrogen (secondary N) is 2. The van der Waals surface area contributed by atoms with Crippen LogP contribution in [0.4, 0.5) is 22.0 Å². The van der Waals surface area contributed by atoms with Gasteiger partial charge in [-0.2, -0.15) is 4.98 Å². The van der Waals surface area contributed by atoms with E-state index in [1.165, 1.54) is 6.07 Å². The smallest absolute Gasteiger partial charge is 0.258 e. The molecule has 0 radical (unpaired) electrons. The van der Waals surface area contributed by atoms with E-state index in [0.717, 1.165) is 33.8 Å². The Morgan fingerprint density at radius 3 is 2.15 bits per heavy atom. The summed E-state index contributed by atoms with van der Waals surface area (Å²) in [7, 11) is -3.86. The molecule has 208 valence electrons. The number of benzene rings is 3. The highest BCUT2D eigenvalue weighted by molar-refractivity contribution is 7.92. The van der Waals surface area contributed by atoms with E-state index in [4.69, 9.17) is 28.9 Å². The number of carbonyl (C=O) groups excluding carboxylic acids is 1. The van der Waals surface area contributed by atoms with Gasteiger partial charge in [-0.15, -0.1) is 5.10 Å². The molecular weight excluding hydrogens is 580 g/mol. The van der Waals surface area contributed by atoms with Crippen LogP contribution in [-0.2, 0) is 10.0 Å². The third-order valence-corrected chi connectivity index (χ3v) is 8.17. The summed E-state index contributed by atoms with van der Waals surface area (Å²) in [6, 6.07) is 17.6. The maximum atomic E-state index is 14.7. The highest BCUT2D eigenvalue weighted by Crippen LogP contribution is 2.37. The number of aromatic nitrogens is 3. The van der Waals surface area contributed by atoms with Crippen LogP contribution in [0.3, 0.4) is 0 Å². The molecular formula is C26H24Cl2FN7O3S. The van der Waals surface area contributed by atoms with Crippen molar-refractivity contribution in [2.45, 2.75) is 12.1 Å². The van der Waals surface area contributed by atoms with Gasteiger partial charge < -0.3 is 5.73 Å². The van der Waals surface area contributed by atoms with Gasteiger partial charge in [0.2, 0.25) is 16.0 Å². The average Bonchev–Trinajstić information content (AvgIpc) is 3.27. The number of likely N-dealkylation sites (tertiary alicyclic amines) is 1. The zero-order valence-electron chi connectivity index (χ0n) is 21.1. The van der Waals surface area contributed by atoms with Gasteiger partial charge in [0.05, 0.1) is 24.0 Å². The number of sulfonamides is 1. The molecule has 1 fully saturated rings. The van der Waals surface area contributed by atoms with Crippen LogP contribution in [0.1, 0.15) is 27.5 Å². The Bertz CT molecular complexity index is 1600. The third-order valence-electron chi connectivity index (χ3n) is 6.44. The average molecular weight is 604 g/mol. The molecule has 2 heterocycles. The van der Waals surface area contributed by atoms with Crippen molar-refractivity contribution in [1.29, 1.82) is 0 Å². The number of nitrogens with zero attached hydrogens (tertiary/aromatic N) is 4. The molecule has 0 atom stereocenters. The van der Waals surface area contributed by atoms with Crippen LogP contribution in [-0.4, -0.2) is 59.8 Å². The minimum atomic E-state index is -3.86.